The second-order valence-electron chi connectivity index (χ2n) is 9.18. The Labute approximate surface area is 175 Å². The SMILES string of the molecule is C=C[C@]1(C)C[C@@H](OC(=O)CO)[C@]2(I)C(C)CC[C@]3(CCC(=O)[C@H]32)[C@@H](C)[C@@H]1O. The monoisotopic (exact) mass is 490 g/mol. The van der Waals surface area contributed by atoms with Crippen molar-refractivity contribution in [1.29, 1.82) is 0 Å². The summed E-state index contributed by atoms with van der Waals surface area (Å²) in [5.74, 6) is -0.564. The average Bonchev–Trinajstić information content (AvgIpc) is 3.00. The van der Waals surface area contributed by atoms with Gasteiger partial charge in [-0.05, 0) is 42.9 Å². The van der Waals surface area contributed by atoms with E-state index < -0.39 is 33.6 Å². The molecule has 0 aliphatic heterocycles. The van der Waals surface area contributed by atoms with Crippen molar-refractivity contribution in [2.75, 3.05) is 6.61 Å². The fraction of sp³-hybridized carbons (Fsp3) is 0.810. The van der Waals surface area contributed by atoms with Crippen LogP contribution in [0.4, 0.5) is 0 Å². The van der Waals surface area contributed by atoms with Crippen molar-refractivity contribution in [3.05, 3.63) is 12.7 Å². The minimum atomic E-state index is -0.689. The first-order chi connectivity index (χ1) is 12.6. The van der Waals surface area contributed by atoms with Gasteiger partial charge in [0.1, 0.15) is 18.5 Å². The fourth-order valence-corrected chi connectivity index (χ4v) is 7.85. The molecule has 5 nitrogen and oxygen atoms in total. The summed E-state index contributed by atoms with van der Waals surface area (Å²) in [5, 5.41) is 20.6. The summed E-state index contributed by atoms with van der Waals surface area (Å²) in [6.07, 6.45) is 4.05. The smallest absolute Gasteiger partial charge is 0.332 e. The average molecular weight is 490 g/mol. The predicted octanol–water partition coefficient (Wildman–Crippen LogP) is 3.05. The molecule has 0 aromatic carbocycles. The molecule has 0 radical (unpaired) electrons. The number of carbonyl (C=O) groups is 2. The standard InChI is InChI=1S/C21H31IO5/c1-5-19(4)10-15(27-16(25)11-23)21(22)12(2)6-8-20(13(3)18(19)26)9-7-14(24)17(20)21/h5,12-13,15,17-18,23,26H,1,6-11H2,2-4H3/t12?,13-,15+,17+,18-,19+,20-,21+/m0/s1. The molecular weight excluding hydrogens is 459 g/mol. The molecule has 3 fully saturated rings. The maximum Gasteiger partial charge on any atom is 0.332 e. The van der Waals surface area contributed by atoms with Crippen LogP contribution in [0.3, 0.4) is 0 Å². The van der Waals surface area contributed by atoms with Crippen molar-refractivity contribution >= 4 is 34.3 Å². The van der Waals surface area contributed by atoms with E-state index in [4.69, 9.17) is 4.74 Å². The molecule has 152 valence electrons. The van der Waals surface area contributed by atoms with Gasteiger partial charge in [-0.1, -0.05) is 49.4 Å². The number of Topliss-reactive ketones (excluding diaryl/α,β-unsaturated/α-hetero) is 1. The number of esters is 1. The van der Waals surface area contributed by atoms with Gasteiger partial charge in [0.2, 0.25) is 0 Å². The highest BCUT2D eigenvalue weighted by Gasteiger charge is 2.69. The molecule has 3 aliphatic carbocycles. The number of halogens is 1. The summed E-state index contributed by atoms with van der Waals surface area (Å²) in [7, 11) is 0. The van der Waals surface area contributed by atoms with E-state index in [0.717, 1.165) is 19.3 Å². The van der Waals surface area contributed by atoms with E-state index in [1.54, 1.807) is 6.08 Å². The van der Waals surface area contributed by atoms with Crippen molar-refractivity contribution < 1.29 is 24.5 Å². The van der Waals surface area contributed by atoms with E-state index in [2.05, 4.69) is 43.0 Å². The van der Waals surface area contributed by atoms with Crippen LogP contribution in [0.15, 0.2) is 12.7 Å². The molecule has 0 aromatic rings. The van der Waals surface area contributed by atoms with Gasteiger partial charge in [0.15, 0.2) is 0 Å². The van der Waals surface area contributed by atoms with Crippen LogP contribution in [0.5, 0.6) is 0 Å². The van der Waals surface area contributed by atoms with Gasteiger partial charge in [-0.25, -0.2) is 4.79 Å². The molecule has 8 atom stereocenters. The van der Waals surface area contributed by atoms with Gasteiger partial charge in [-0.15, -0.1) is 6.58 Å². The lowest BCUT2D eigenvalue weighted by Gasteiger charge is -2.60. The number of ether oxygens (including phenoxy) is 1. The number of aliphatic hydroxyl groups excluding tert-OH is 2. The number of hydrogen-bond acceptors (Lipinski definition) is 5. The van der Waals surface area contributed by atoms with Gasteiger partial charge in [-0.3, -0.25) is 4.79 Å². The molecule has 0 saturated heterocycles. The third kappa shape index (κ3) is 2.92. The Morgan fingerprint density at radius 3 is 2.67 bits per heavy atom. The van der Waals surface area contributed by atoms with Crippen molar-refractivity contribution in [1.82, 2.24) is 0 Å². The van der Waals surface area contributed by atoms with Gasteiger partial charge in [-0.2, -0.15) is 0 Å². The third-order valence-electron chi connectivity index (χ3n) is 8.02. The molecule has 6 heteroatoms. The Hall–Kier alpha value is -0.470. The Morgan fingerprint density at radius 2 is 2.07 bits per heavy atom. The summed E-state index contributed by atoms with van der Waals surface area (Å²) in [5.41, 5.74) is -0.921. The number of aliphatic hydroxyl groups is 2. The molecule has 3 rings (SSSR count). The highest BCUT2D eigenvalue weighted by Crippen LogP contribution is 2.67. The summed E-state index contributed by atoms with van der Waals surface area (Å²) >= 11 is 2.38. The number of carbonyl (C=O) groups excluding carboxylic acids is 2. The maximum atomic E-state index is 13.1. The van der Waals surface area contributed by atoms with Crippen LogP contribution in [-0.4, -0.2) is 44.2 Å². The number of alkyl halides is 1. The summed E-state index contributed by atoms with van der Waals surface area (Å²) in [4.78, 5) is 25.2. The molecular formula is C21H31IO5. The van der Waals surface area contributed by atoms with E-state index in [-0.39, 0.29) is 29.0 Å². The molecule has 1 unspecified atom stereocenters. The van der Waals surface area contributed by atoms with Gasteiger partial charge in [0.05, 0.1) is 9.53 Å². The van der Waals surface area contributed by atoms with Gasteiger partial charge >= 0.3 is 5.97 Å². The highest BCUT2D eigenvalue weighted by atomic mass is 127. The van der Waals surface area contributed by atoms with Crippen LogP contribution in [0.25, 0.3) is 0 Å². The summed E-state index contributed by atoms with van der Waals surface area (Å²) in [6.45, 7) is 9.43. The Kier molecular flexibility index (Phi) is 5.58. The first-order valence-electron chi connectivity index (χ1n) is 9.90. The lowest BCUT2D eigenvalue weighted by atomic mass is 9.49. The van der Waals surface area contributed by atoms with Crippen molar-refractivity contribution in [2.24, 2.45) is 28.6 Å². The van der Waals surface area contributed by atoms with E-state index >= 15 is 0 Å². The zero-order valence-electron chi connectivity index (χ0n) is 16.4. The summed E-state index contributed by atoms with van der Waals surface area (Å²) < 4.78 is 5.21. The Balaban J connectivity index is 2.21. The number of rotatable bonds is 3. The minimum absolute atomic E-state index is 0.0481. The molecule has 3 saturated carbocycles. The molecule has 0 aromatic heterocycles. The van der Waals surface area contributed by atoms with Crippen LogP contribution < -0.4 is 0 Å². The molecule has 27 heavy (non-hydrogen) atoms. The second-order valence-corrected chi connectivity index (χ2v) is 11.1. The first-order valence-corrected chi connectivity index (χ1v) is 11.0. The van der Waals surface area contributed by atoms with E-state index in [9.17, 15) is 19.8 Å². The molecule has 2 N–H and O–H groups in total. The molecule has 2 bridgehead atoms. The topological polar surface area (TPSA) is 83.8 Å². The summed E-state index contributed by atoms with van der Waals surface area (Å²) in [6, 6.07) is 0. The zero-order valence-corrected chi connectivity index (χ0v) is 18.6. The highest BCUT2D eigenvalue weighted by molar-refractivity contribution is 14.1. The zero-order chi connectivity index (χ0) is 20.2. The van der Waals surface area contributed by atoms with E-state index in [0.29, 0.717) is 12.8 Å². The van der Waals surface area contributed by atoms with E-state index in [1.807, 2.05) is 6.92 Å². The van der Waals surface area contributed by atoms with E-state index in [1.165, 1.54) is 0 Å². The van der Waals surface area contributed by atoms with Crippen LogP contribution in [0, 0.1) is 28.6 Å². The first kappa shape index (κ1) is 21.2. The molecule has 0 spiro atoms. The maximum absolute atomic E-state index is 13.1. The second kappa shape index (κ2) is 7.10. The largest absolute Gasteiger partial charge is 0.459 e. The predicted molar refractivity (Wildman–Crippen MR) is 110 cm³/mol. The van der Waals surface area contributed by atoms with Gasteiger partial charge in [0, 0.05) is 17.8 Å². The quantitative estimate of drug-likeness (QED) is 0.275. The van der Waals surface area contributed by atoms with Crippen molar-refractivity contribution in [2.45, 2.75) is 68.5 Å². The number of ketones is 1. The Morgan fingerprint density at radius 1 is 1.41 bits per heavy atom. The van der Waals surface area contributed by atoms with Crippen LogP contribution in [0.1, 0.15) is 52.9 Å². The lowest BCUT2D eigenvalue weighted by Crippen LogP contribution is -2.65. The van der Waals surface area contributed by atoms with Gasteiger partial charge < -0.3 is 14.9 Å². The lowest BCUT2D eigenvalue weighted by molar-refractivity contribution is -0.174. The van der Waals surface area contributed by atoms with Crippen LogP contribution in [-0.2, 0) is 14.3 Å². The molecule has 0 heterocycles. The van der Waals surface area contributed by atoms with Gasteiger partial charge in [0.25, 0.3) is 0 Å². The normalized spacial score (nSPS) is 49.7. The van der Waals surface area contributed by atoms with Crippen LogP contribution in [0.2, 0.25) is 0 Å². The fourth-order valence-electron chi connectivity index (χ4n) is 6.23. The minimum Gasteiger partial charge on any atom is -0.459 e. The Bertz CT molecular complexity index is 650. The third-order valence-corrected chi connectivity index (χ3v) is 10.4. The number of hydrogen-bond donors (Lipinski definition) is 2. The van der Waals surface area contributed by atoms with Crippen molar-refractivity contribution in [3.8, 4) is 0 Å². The van der Waals surface area contributed by atoms with Crippen molar-refractivity contribution in [3.63, 3.8) is 0 Å². The van der Waals surface area contributed by atoms with Crippen LogP contribution >= 0.6 is 22.6 Å². The molecule has 0 amide bonds. The molecule has 3 aliphatic rings.